The van der Waals surface area contributed by atoms with Crippen molar-refractivity contribution in [1.82, 2.24) is 14.4 Å². The number of aromatic nitrogens is 3. The molecule has 2 aliphatic heterocycles. The van der Waals surface area contributed by atoms with Gasteiger partial charge in [0, 0.05) is 43.5 Å². The first kappa shape index (κ1) is 17.2. The molecule has 3 aromatic heterocycles. The number of fused-ring (bicyclic) bond motifs is 2. The van der Waals surface area contributed by atoms with Gasteiger partial charge < -0.3 is 19.7 Å². The lowest BCUT2D eigenvalue weighted by Crippen LogP contribution is -2.50. The molecule has 2 N–H and O–H groups in total. The van der Waals surface area contributed by atoms with Crippen LogP contribution in [-0.2, 0) is 6.54 Å². The van der Waals surface area contributed by atoms with E-state index in [1.165, 1.54) is 11.1 Å². The quantitative estimate of drug-likeness (QED) is 0.554. The number of rotatable bonds is 4. The minimum Gasteiger partial charge on any atom is -0.389 e. The predicted molar refractivity (Wildman–Crippen MR) is 118 cm³/mol. The highest BCUT2D eigenvalue weighted by atomic mass is 16.3. The van der Waals surface area contributed by atoms with Crippen molar-refractivity contribution in [2.24, 2.45) is 4.99 Å². The molecular weight excluding hydrogens is 376 g/mol. The molecule has 4 aromatic rings. The molecule has 0 bridgehead atoms. The predicted octanol–water partition coefficient (Wildman–Crippen LogP) is 3.25. The lowest BCUT2D eigenvalue weighted by molar-refractivity contribution is 0.142. The Balaban J connectivity index is 1.33. The molecule has 1 fully saturated rings. The zero-order valence-corrected chi connectivity index (χ0v) is 16.2. The standard InChI is InChI=1S/C23H20N6O/c30-20-13-29(14-20)19-3-4-22(26-11-19)27-21-8-18(12-28-6-5-25-23(21)28)15-1-2-16-9-24-10-17(16)7-15/h1-9,11-12,20,30H,10,13-14H2,(H,26,27). The number of hydrogen-bond donors (Lipinski definition) is 2. The molecule has 30 heavy (non-hydrogen) atoms. The lowest BCUT2D eigenvalue weighted by atomic mass is 10.0. The number of nitrogens with zero attached hydrogens (tertiary/aromatic N) is 5. The van der Waals surface area contributed by atoms with Crippen LogP contribution < -0.4 is 10.2 Å². The van der Waals surface area contributed by atoms with Gasteiger partial charge in [-0.2, -0.15) is 0 Å². The third-order valence-corrected chi connectivity index (χ3v) is 5.69. The zero-order chi connectivity index (χ0) is 20.1. The van der Waals surface area contributed by atoms with Crippen LogP contribution in [0.1, 0.15) is 11.1 Å². The molecule has 1 aromatic carbocycles. The number of pyridine rings is 2. The molecule has 5 heterocycles. The van der Waals surface area contributed by atoms with Gasteiger partial charge in [-0.1, -0.05) is 12.1 Å². The summed E-state index contributed by atoms with van der Waals surface area (Å²) in [4.78, 5) is 15.5. The molecule has 0 saturated carbocycles. The Hall–Kier alpha value is -3.71. The number of anilines is 3. The summed E-state index contributed by atoms with van der Waals surface area (Å²) >= 11 is 0. The lowest BCUT2D eigenvalue weighted by Gasteiger charge is -2.37. The second-order valence-electron chi connectivity index (χ2n) is 7.77. The van der Waals surface area contributed by atoms with E-state index in [1.807, 2.05) is 35.1 Å². The fourth-order valence-electron chi connectivity index (χ4n) is 4.02. The van der Waals surface area contributed by atoms with Gasteiger partial charge in [0.15, 0.2) is 5.65 Å². The molecule has 7 nitrogen and oxygen atoms in total. The second-order valence-corrected chi connectivity index (χ2v) is 7.77. The molecular formula is C23H20N6O. The second kappa shape index (κ2) is 6.67. The summed E-state index contributed by atoms with van der Waals surface area (Å²) in [5.74, 6) is 0.754. The SMILES string of the molecule is OC1CN(c2ccc(Nc3cc(-c4ccc5c(c4)CN=C5)cn4ccnc34)nc2)C1. The summed E-state index contributed by atoms with van der Waals surface area (Å²) in [6.07, 6.45) is 9.38. The maximum Gasteiger partial charge on any atom is 0.160 e. The largest absolute Gasteiger partial charge is 0.389 e. The molecule has 0 aliphatic carbocycles. The Bertz CT molecular complexity index is 1270. The van der Waals surface area contributed by atoms with E-state index < -0.39 is 0 Å². The number of aliphatic hydroxyl groups excluding tert-OH is 1. The molecule has 0 atom stereocenters. The van der Waals surface area contributed by atoms with Crippen LogP contribution in [-0.4, -0.2) is 44.9 Å². The first-order chi connectivity index (χ1) is 14.7. The number of hydrogen-bond acceptors (Lipinski definition) is 6. The van der Waals surface area contributed by atoms with E-state index >= 15 is 0 Å². The van der Waals surface area contributed by atoms with Crippen LogP contribution in [0.4, 0.5) is 17.2 Å². The summed E-state index contributed by atoms with van der Waals surface area (Å²) in [6, 6.07) is 12.6. The smallest absolute Gasteiger partial charge is 0.160 e. The van der Waals surface area contributed by atoms with Gasteiger partial charge in [0.2, 0.25) is 0 Å². The Labute approximate surface area is 173 Å². The van der Waals surface area contributed by atoms with Gasteiger partial charge in [-0.05, 0) is 41.0 Å². The Morgan fingerprint density at radius 2 is 1.97 bits per heavy atom. The summed E-state index contributed by atoms with van der Waals surface area (Å²) in [7, 11) is 0. The third kappa shape index (κ3) is 2.91. The van der Waals surface area contributed by atoms with Crippen LogP contribution in [0.2, 0.25) is 0 Å². The molecule has 148 valence electrons. The summed E-state index contributed by atoms with van der Waals surface area (Å²) < 4.78 is 2.03. The fourth-order valence-corrected chi connectivity index (χ4v) is 4.02. The van der Waals surface area contributed by atoms with E-state index in [1.54, 1.807) is 6.20 Å². The highest BCUT2D eigenvalue weighted by Gasteiger charge is 2.24. The van der Waals surface area contributed by atoms with Gasteiger partial charge in [0.25, 0.3) is 0 Å². The molecule has 0 amide bonds. The molecule has 0 spiro atoms. The van der Waals surface area contributed by atoms with Gasteiger partial charge in [0.05, 0.1) is 30.2 Å². The third-order valence-electron chi connectivity index (χ3n) is 5.69. The monoisotopic (exact) mass is 396 g/mol. The average molecular weight is 396 g/mol. The molecule has 2 aliphatic rings. The van der Waals surface area contributed by atoms with E-state index in [0.29, 0.717) is 13.1 Å². The van der Waals surface area contributed by atoms with Crippen LogP contribution in [0.15, 0.2) is 66.2 Å². The summed E-state index contributed by atoms with van der Waals surface area (Å²) in [5.41, 5.74) is 7.46. The van der Waals surface area contributed by atoms with E-state index in [0.717, 1.165) is 40.5 Å². The highest BCUT2D eigenvalue weighted by Crippen LogP contribution is 2.30. The van der Waals surface area contributed by atoms with Gasteiger partial charge in [0.1, 0.15) is 5.82 Å². The number of imidazole rings is 1. The molecule has 0 radical (unpaired) electrons. The molecule has 7 heteroatoms. The van der Waals surface area contributed by atoms with E-state index in [2.05, 4.69) is 55.6 Å². The Kier molecular flexibility index (Phi) is 3.82. The van der Waals surface area contributed by atoms with Crippen molar-refractivity contribution >= 4 is 29.1 Å². The Morgan fingerprint density at radius 3 is 2.80 bits per heavy atom. The van der Waals surface area contributed by atoms with Crippen molar-refractivity contribution in [2.45, 2.75) is 12.6 Å². The first-order valence-corrected chi connectivity index (χ1v) is 9.99. The maximum absolute atomic E-state index is 9.49. The molecule has 0 unspecified atom stereocenters. The van der Waals surface area contributed by atoms with E-state index in [-0.39, 0.29) is 6.10 Å². The number of aliphatic imine (C=N–C) groups is 1. The fraction of sp³-hybridized carbons (Fsp3) is 0.174. The first-order valence-electron chi connectivity index (χ1n) is 9.99. The number of β-amino-alcohol motifs (C(OH)–C–C–N with tert-alkyl or cyclic N) is 1. The van der Waals surface area contributed by atoms with Crippen LogP contribution in [0.25, 0.3) is 16.8 Å². The number of aliphatic hydroxyl groups is 1. The van der Waals surface area contributed by atoms with Crippen LogP contribution in [0.3, 0.4) is 0 Å². The van der Waals surface area contributed by atoms with E-state index in [4.69, 9.17) is 0 Å². The average Bonchev–Trinajstić information content (AvgIpc) is 3.41. The van der Waals surface area contributed by atoms with Gasteiger partial charge in [-0.25, -0.2) is 9.97 Å². The minimum atomic E-state index is -0.231. The van der Waals surface area contributed by atoms with Gasteiger partial charge in [-0.15, -0.1) is 0 Å². The van der Waals surface area contributed by atoms with Crippen molar-refractivity contribution in [3.63, 3.8) is 0 Å². The normalized spacial score (nSPS) is 15.4. The van der Waals surface area contributed by atoms with Crippen molar-refractivity contribution in [2.75, 3.05) is 23.3 Å². The topological polar surface area (TPSA) is 78.0 Å². The maximum atomic E-state index is 9.49. The molecule has 1 saturated heterocycles. The zero-order valence-electron chi connectivity index (χ0n) is 16.2. The molecule has 6 rings (SSSR count). The summed E-state index contributed by atoms with van der Waals surface area (Å²) in [6.45, 7) is 2.07. The minimum absolute atomic E-state index is 0.231. The van der Waals surface area contributed by atoms with E-state index in [9.17, 15) is 5.11 Å². The van der Waals surface area contributed by atoms with Crippen molar-refractivity contribution < 1.29 is 5.11 Å². The Morgan fingerprint density at radius 1 is 1.03 bits per heavy atom. The van der Waals surface area contributed by atoms with Gasteiger partial charge >= 0.3 is 0 Å². The summed E-state index contributed by atoms with van der Waals surface area (Å²) in [5, 5.41) is 12.9. The van der Waals surface area contributed by atoms with Crippen LogP contribution >= 0.6 is 0 Å². The number of nitrogens with one attached hydrogen (secondary N) is 1. The van der Waals surface area contributed by atoms with Gasteiger partial charge in [-0.3, -0.25) is 4.99 Å². The van der Waals surface area contributed by atoms with Crippen LogP contribution in [0, 0.1) is 0 Å². The van der Waals surface area contributed by atoms with Crippen molar-refractivity contribution in [1.29, 1.82) is 0 Å². The number of benzene rings is 1. The highest BCUT2D eigenvalue weighted by molar-refractivity contribution is 5.86. The van der Waals surface area contributed by atoms with Crippen LogP contribution in [0.5, 0.6) is 0 Å². The van der Waals surface area contributed by atoms with Crippen molar-refractivity contribution in [3.05, 3.63) is 72.3 Å². The van der Waals surface area contributed by atoms with Crippen molar-refractivity contribution in [3.8, 4) is 11.1 Å².